The number of ether oxygens (including phenoxy) is 1. The quantitative estimate of drug-likeness (QED) is 0.538. The minimum atomic E-state index is -1.48. The number of halogens is 2. The Morgan fingerprint density at radius 2 is 1.92 bits per heavy atom. The van der Waals surface area contributed by atoms with Crippen LogP contribution in [0.2, 0.25) is 0 Å². The second-order valence-electron chi connectivity index (χ2n) is 3.18. The van der Waals surface area contributed by atoms with Gasteiger partial charge in [-0.25, -0.2) is 8.78 Å². The molecule has 0 bridgehead atoms. The van der Waals surface area contributed by atoms with E-state index in [4.69, 9.17) is 4.74 Å². The molecule has 1 radical (unpaired) electrons. The second kappa shape index (κ2) is 8.42. The van der Waals surface area contributed by atoms with Gasteiger partial charge in [0.25, 0.3) is 0 Å². The number of unbranched alkanes of at least 4 members (excludes halogenated alkanes) is 3. The van der Waals surface area contributed by atoms with Gasteiger partial charge in [-0.05, 0) is 13.3 Å². The van der Waals surface area contributed by atoms with Crippen LogP contribution in [0.5, 0.6) is 0 Å². The van der Waals surface area contributed by atoms with Crippen molar-refractivity contribution in [1.29, 1.82) is 0 Å². The average Bonchev–Trinajstić information content (AvgIpc) is 2.10. The van der Waals surface area contributed by atoms with Gasteiger partial charge in [-0.1, -0.05) is 26.2 Å². The highest BCUT2D eigenvalue weighted by atomic mass is 19.2. The Morgan fingerprint density at radius 3 is 2.46 bits per heavy atom. The monoisotopic (exact) mass is 193 g/mol. The van der Waals surface area contributed by atoms with Crippen LogP contribution in [-0.4, -0.2) is 25.6 Å². The maximum absolute atomic E-state index is 12.6. The molecule has 2 atom stereocenters. The summed E-state index contributed by atoms with van der Waals surface area (Å²) in [4.78, 5) is 0. The molecule has 0 fully saturated rings. The molecule has 0 aliphatic rings. The van der Waals surface area contributed by atoms with Gasteiger partial charge in [-0.2, -0.15) is 0 Å². The Bertz CT molecular complexity index is 107. The topological polar surface area (TPSA) is 9.23 Å². The zero-order chi connectivity index (χ0) is 10.1. The number of hydrogen-bond acceptors (Lipinski definition) is 1. The van der Waals surface area contributed by atoms with Gasteiger partial charge in [0.15, 0.2) is 6.17 Å². The van der Waals surface area contributed by atoms with Gasteiger partial charge < -0.3 is 4.74 Å². The molecule has 0 rings (SSSR count). The zero-order valence-electron chi connectivity index (χ0n) is 8.27. The molecule has 0 saturated heterocycles. The Morgan fingerprint density at radius 1 is 1.23 bits per heavy atom. The number of hydrogen-bond donors (Lipinski definition) is 0. The summed E-state index contributed by atoms with van der Waals surface area (Å²) in [6.45, 7) is 5.31. The molecule has 3 heteroatoms. The Balaban J connectivity index is 3.07. The fourth-order valence-electron chi connectivity index (χ4n) is 0.886. The zero-order valence-corrected chi connectivity index (χ0v) is 8.27. The molecule has 0 aromatic carbocycles. The molecule has 13 heavy (non-hydrogen) atoms. The van der Waals surface area contributed by atoms with Crippen LogP contribution in [0.25, 0.3) is 0 Å². The van der Waals surface area contributed by atoms with Gasteiger partial charge in [-0.3, -0.25) is 0 Å². The van der Waals surface area contributed by atoms with Crippen LogP contribution in [0.4, 0.5) is 8.78 Å². The van der Waals surface area contributed by atoms with E-state index in [2.05, 4.69) is 6.92 Å². The van der Waals surface area contributed by atoms with E-state index in [0.29, 0.717) is 6.61 Å². The van der Waals surface area contributed by atoms with Crippen LogP contribution in [-0.2, 0) is 4.74 Å². The summed E-state index contributed by atoms with van der Waals surface area (Å²) < 4.78 is 29.8. The molecule has 0 N–H and O–H groups in total. The summed E-state index contributed by atoms with van der Waals surface area (Å²) in [5.41, 5.74) is 0. The Hall–Kier alpha value is -0.180. The third kappa shape index (κ3) is 8.16. The van der Waals surface area contributed by atoms with Crippen molar-refractivity contribution in [2.75, 3.05) is 13.2 Å². The summed E-state index contributed by atoms with van der Waals surface area (Å²) in [5.74, 6) is 0. The van der Waals surface area contributed by atoms with E-state index in [1.54, 1.807) is 0 Å². The lowest BCUT2D eigenvalue weighted by atomic mass is 10.2. The predicted octanol–water partition coefficient (Wildman–Crippen LogP) is 3.09. The maximum atomic E-state index is 12.6. The van der Waals surface area contributed by atoms with Gasteiger partial charge in [0.05, 0.1) is 6.61 Å². The largest absolute Gasteiger partial charge is 0.378 e. The fourth-order valence-corrected chi connectivity index (χ4v) is 0.886. The van der Waals surface area contributed by atoms with E-state index >= 15 is 0 Å². The first-order valence-corrected chi connectivity index (χ1v) is 4.83. The normalized spacial score (nSPS) is 15.7. The highest BCUT2D eigenvalue weighted by Crippen LogP contribution is 2.04. The van der Waals surface area contributed by atoms with Crippen molar-refractivity contribution in [1.82, 2.24) is 0 Å². The smallest absolute Gasteiger partial charge is 0.154 e. The Kier molecular flexibility index (Phi) is 8.30. The van der Waals surface area contributed by atoms with E-state index in [1.165, 1.54) is 6.92 Å². The second-order valence-corrected chi connectivity index (χ2v) is 3.18. The van der Waals surface area contributed by atoms with Crippen LogP contribution in [0.15, 0.2) is 0 Å². The van der Waals surface area contributed by atoms with E-state index in [0.717, 1.165) is 25.7 Å². The Labute approximate surface area is 79.5 Å². The van der Waals surface area contributed by atoms with Crippen molar-refractivity contribution in [3.63, 3.8) is 0 Å². The molecule has 0 amide bonds. The van der Waals surface area contributed by atoms with Crippen LogP contribution in [0, 0.1) is 6.92 Å². The third-order valence-electron chi connectivity index (χ3n) is 1.81. The third-order valence-corrected chi connectivity index (χ3v) is 1.81. The first-order valence-electron chi connectivity index (χ1n) is 4.83. The molecule has 0 heterocycles. The highest BCUT2D eigenvalue weighted by molar-refractivity contribution is 4.61. The molecule has 1 nitrogen and oxygen atoms in total. The summed E-state index contributed by atoms with van der Waals surface area (Å²) in [5, 5.41) is 0. The summed E-state index contributed by atoms with van der Waals surface area (Å²) in [7, 11) is 0. The van der Waals surface area contributed by atoms with Crippen molar-refractivity contribution in [2.24, 2.45) is 0 Å². The van der Waals surface area contributed by atoms with Crippen molar-refractivity contribution in [3.05, 3.63) is 6.92 Å². The fraction of sp³-hybridized carbons (Fsp3) is 0.900. The van der Waals surface area contributed by atoms with Crippen molar-refractivity contribution in [2.45, 2.75) is 45.0 Å². The molecule has 0 aromatic heterocycles. The van der Waals surface area contributed by atoms with Gasteiger partial charge >= 0.3 is 0 Å². The number of rotatable bonds is 8. The number of alkyl halides is 2. The summed E-state index contributed by atoms with van der Waals surface area (Å²) in [6, 6.07) is 0. The lowest BCUT2D eigenvalue weighted by Gasteiger charge is -2.09. The van der Waals surface area contributed by atoms with Gasteiger partial charge in [0.2, 0.25) is 0 Å². The van der Waals surface area contributed by atoms with Crippen molar-refractivity contribution >= 4 is 0 Å². The van der Waals surface area contributed by atoms with Crippen molar-refractivity contribution in [3.8, 4) is 0 Å². The SMILES string of the molecule is [CH2]CCCCCOCC(F)C(C)F. The minimum absolute atomic E-state index is 0.123. The molecule has 0 aliphatic carbocycles. The molecule has 0 spiro atoms. The van der Waals surface area contributed by atoms with E-state index < -0.39 is 12.3 Å². The van der Waals surface area contributed by atoms with E-state index in [-0.39, 0.29) is 6.61 Å². The lowest BCUT2D eigenvalue weighted by molar-refractivity contribution is 0.0451. The predicted molar refractivity (Wildman–Crippen MR) is 50.1 cm³/mol. The minimum Gasteiger partial charge on any atom is -0.378 e. The standard InChI is InChI=1S/C10H19F2O/c1-3-4-5-6-7-13-8-10(12)9(2)11/h9-10H,1,3-8H2,2H3. The van der Waals surface area contributed by atoms with Crippen molar-refractivity contribution < 1.29 is 13.5 Å². The summed E-state index contributed by atoms with van der Waals surface area (Å²) in [6.07, 6.45) is 1.04. The highest BCUT2D eigenvalue weighted by Gasteiger charge is 2.14. The average molecular weight is 193 g/mol. The van der Waals surface area contributed by atoms with Crippen LogP contribution in [0.1, 0.15) is 32.6 Å². The molecular weight excluding hydrogens is 174 g/mol. The molecule has 0 saturated carbocycles. The first kappa shape index (κ1) is 12.8. The molecule has 0 aliphatic heterocycles. The van der Waals surface area contributed by atoms with Gasteiger partial charge in [-0.15, -0.1) is 0 Å². The van der Waals surface area contributed by atoms with E-state index in [1.807, 2.05) is 0 Å². The first-order chi connectivity index (χ1) is 6.18. The molecule has 79 valence electrons. The lowest BCUT2D eigenvalue weighted by Crippen LogP contribution is -2.20. The molecule has 2 unspecified atom stereocenters. The van der Waals surface area contributed by atoms with Gasteiger partial charge in [0, 0.05) is 6.61 Å². The van der Waals surface area contributed by atoms with Gasteiger partial charge in [0.1, 0.15) is 6.17 Å². The van der Waals surface area contributed by atoms with E-state index in [9.17, 15) is 8.78 Å². The molecule has 0 aromatic rings. The van der Waals surface area contributed by atoms with Crippen LogP contribution in [0.3, 0.4) is 0 Å². The summed E-state index contributed by atoms with van der Waals surface area (Å²) >= 11 is 0. The van der Waals surface area contributed by atoms with Crippen LogP contribution >= 0.6 is 0 Å². The molecular formula is C10H19F2O. The van der Waals surface area contributed by atoms with Crippen LogP contribution < -0.4 is 0 Å². The maximum Gasteiger partial charge on any atom is 0.154 e.